The van der Waals surface area contributed by atoms with E-state index in [4.69, 9.17) is 23.2 Å². The van der Waals surface area contributed by atoms with Crippen LogP contribution in [0.15, 0.2) is 35.0 Å². The van der Waals surface area contributed by atoms with Crippen LogP contribution < -0.4 is 5.32 Å². The van der Waals surface area contributed by atoms with Crippen LogP contribution in [0, 0.1) is 0 Å². The van der Waals surface area contributed by atoms with Crippen molar-refractivity contribution in [2.45, 2.75) is 0 Å². The van der Waals surface area contributed by atoms with E-state index in [2.05, 4.69) is 10.3 Å². The smallest absolute Gasteiger partial charge is 0.250 e. The zero-order chi connectivity index (χ0) is 15.5. The molecule has 0 saturated heterocycles. The predicted octanol–water partition coefficient (Wildman–Crippen LogP) is 5.89. The van der Waals surface area contributed by atoms with Gasteiger partial charge >= 0.3 is 0 Å². The van der Waals surface area contributed by atoms with E-state index in [0.29, 0.717) is 19.5 Å². The van der Waals surface area contributed by atoms with Crippen LogP contribution in [-0.2, 0) is 4.79 Å². The molecule has 0 spiro atoms. The monoisotopic (exact) mass is 386 g/mol. The van der Waals surface area contributed by atoms with Gasteiger partial charge in [0.1, 0.15) is 4.34 Å². The molecule has 3 heterocycles. The number of aromatic nitrogens is 1. The van der Waals surface area contributed by atoms with Crippen molar-refractivity contribution in [2.75, 3.05) is 5.32 Å². The van der Waals surface area contributed by atoms with Crippen molar-refractivity contribution in [2.24, 2.45) is 0 Å². The Bertz CT molecular complexity index is 821. The highest BCUT2D eigenvalue weighted by molar-refractivity contribution is 7.20. The molecule has 22 heavy (non-hydrogen) atoms. The van der Waals surface area contributed by atoms with Gasteiger partial charge in [0.25, 0.3) is 0 Å². The molecule has 0 atom stereocenters. The van der Waals surface area contributed by atoms with Crippen molar-refractivity contribution in [3.05, 3.63) is 48.6 Å². The van der Waals surface area contributed by atoms with Crippen LogP contribution in [0.1, 0.15) is 4.88 Å². The molecule has 3 aromatic heterocycles. The second kappa shape index (κ2) is 6.93. The molecule has 3 rings (SSSR count). The third kappa shape index (κ3) is 3.77. The Kier molecular flexibility index (Phi) is 4.95. The van der Waals surface area contributed by atoms with E-state index >= 15 is 0 Å². The van der Waals surface area contributed by atoms with Gasteiger partial charge in [0, 0.05) is 21.9 Å². The summed E-state index contributed by atoms with van der Waals surface area (Å²) in [6, 6.07) is 5.65. The van der Waals surface area contributed by atoms with Gasteiger partial charge in [-0.3, -0.25) is 10.1 Å². The lowest BCUT2D eigenvalue weighted by atomic mass is 10.3. The largest absolute Gasteiger partial charge is 0.298 e. The first-order chi connectivity index (χ1) is 10.6. The van der Waals surface area contributed by atoms with Crippen molar-refractivity contribution < 1.29 is 4.79 Å². The molecule has 1 amide bonds. The first-order valence-corrected chi connectivity index (χ1v) is 9.38. The van der Waals surface area contributed by atoms with E-state index in [1.807, 2.05) is 22.9 Å². The maximum Gasteiger partial charge on any atom is 0.250 e. The Labute approximate surface area is 148 Å². The average molecular weight is 387 g/mol. The number of nitrogens with one attached hydrogen (secondary N) is 1. The number of carbonyl (C=O) groups excluding carboxylic acids is 1. The Hall–Kier alpha value is -1.18. The number of thiazole rings is 1. The SMILES string of the molecule is O=C(C=Cc1cccs1)Nc1nc(-c2cc(Cl)sc2Cl)cs1. The number of anilines is 1. The Balaban J connectivity index is 1.69. The molecule has 0 radical (unpaired) electrons. The van der Waals surface area contributed by atoms with E-state index in [9.17, 15) is 4.79 Å². The molecule has 0 unspecified atom stereocenters. The minimum Gasteiger partial charge on any atom is -0.298 e. The quantitative estimate of drug-likeness (QED) is 0.567. The van der Waals surface area contributed by atoms with Crippen molar-refractivity contribution in [1.82, 2.24) is 4.98 Å². The highest BCUT2D eigenvalue weighted by atomic mass is 35.5. The zero-order valence-electron chi connectivity index (χ0n) is 10.9. The van der Waals surface area contributed by atoms with Crippen molar-refractivity contribution in [1.29, 1.82) is 0 Å². The van der Waals surface area contributed by atoms with Crippen LogP contribution in [0.3, 0.4) is 0 Å². The Morgan fingerprint density at radius 3 is 2.86 bits per heavy atom. The number of rotatable bonds is 4. The highest BCUT2D eigenvalue weighted by Crippen LogP contribution is 2.38. The standard InChI is InChI=1S/C14H8Cl2N2OS3/c15-11-6-9(13(16)22-11)10-7-21-14(17-10)18-12(19)4-3-8-2-1-5-20-8/h1-7H,(H,17,18,19). The lowest BCUT2D eigenvalue weighted by Crippen LogP contribution is -2.07. The first-order valence-electron chi connectivity index (χ1n) is 6.05. The van der Waals surface area contributed by atoms with E-state index in [1.54, 1.807) is 23.5 Å². The van der Waals surface area contributed by atoms with Crippen LogP contribution >= 0.6 is 57.2 Å². The third-order valence-corrected chi connectivity index (χ3v) is 5.69. The summed E-state index contributed by atoms with van der Waals surface area (Å²) in [7, 11) is 0. The zero-order valence-corrected chi connectivity index (χ0v) is 14.8. The van der Waals surface area contributed by atoms with Gasteiger partial charge in [0.2, 0.25) is 5.91 Å². The number of hydrogen-bond donors (Lipinski definition) is 1. The molecule has 0 aliphatic rings. The van der Waals surface area contributed by atoms with Crippen LogP contribution in [0.5, 0.6) is 0 Å². The average Bonchev–Trinajstić information content (AvgIpc) is 3.18. The summed E-state index contributed by atoms with van der Waals surface area (Å²) in [6.07, 6.45) is 3.26. The summed E-state index contributed by atoms with van der Waals surface area (Å²) >= 11 is 16.2. The number of amides is 1. The fourth-order valence-corrected chi connectivity index (χ4v) is 4.47. The molecular weight excluding hydrogens is 379 g/mol. The van der Waals surface area contributed by atoms with Crippen molar-refractivity contribution in [3.63, 3.8) is 0 Å². The molecule has 3 nitrogen and oxygen atoms in total. The molecule has 0 aliphatic heterocycles. The summed E-state index contributed by atoms with van der Waals surface area (Å²) < 4.78 is 1.20. The van der Waals surface area contributed by atoms with Gasteiger partial charge in [0.15, 0.2) is 5.13 Å². The van der Waals surface area contributed by atoms with Crippen molar-refractivity contribution in [3.8, 4) is 11.3 Å². The van der Waals surface area contributed by atoms with Crippen molar-refractivity contribution >= 4 is 74.3 Å². The second-order valence-electron chi connectivity index (χ2n) is 4.11. The summed E-state index contributed by atoms with van der Waals surface area (Å²) in [4.78, 5) is 17.2. The first kappa shape index (κ1) is 15.7. The van der Waals surface area contributed by atoms with Gasteiger partial charge in [0.05, 0.1) is 10.0 Å². The van der Waals surface area contributed by atoms with Gasteiger partial charge in [-0.2, -0.15) is 0 Å². The van der Waals surface area contributed by atoms with E-state index < -0.39 is 0 Å². The summed E-state index contributed by atoms with van der Waals surface area (Å²) in [6.45, 7) is 0. The second-order valence-corrected chi connectivity index (χ2v) is 8.24. The fourth-order valence-electron chi connectivity index (χ4n) is 1.66. The van der Waals surface area contributed by atoms with Gasteiger partial charge in [-0.25, -0.2) is 4.98 Å². The van der Waals surface area contributed by atoms with Gasteiger partial charge in [-0.05, 0) is 23.6 Å². The van der Waals surface area contributed by atoms with E-state index in [0.717, 1.165) is 10.4 Å². The molecule has 0 bridgehead atoms. The summed E-state index contributed by atoms with van der Waals surface area (Å²) in [5.41, 5.74) is 1.48. The lowest BCUT2D eigenvalue weighted by molar-refractivity contribution is -0.111. The molecule has 112 valence electrons. The molecule has 0 aliphatic carbocycles. The maximum atomic E-state index is 11.9. The van der Waals surface area contributed by atoms with Crippen LogP contribution in [0.25, 0.3) is 17.3 Å². The molecule has 0 aromatic carbocycles. The maximum absolute atomic E-state index is 11.9. The summed E-state index contributed by atoms with van der Waals surface area (Å²) in [5, 5.41) is 7.05. The summed E-state index contributed by atoms with van der Waals surface area (Å²) in [5.74, 6) is -0.219. The number of nitrogens with zero attached hydrogens (tertiary/aromatic N) is 1. The number of carbonyl (C=O) groups is 1. The molecule has 3 aromatic rings. The third-order valence-electron chi connectivity index (χ3n) is 2.61. The molecule has 0 fully saturated rings. The number of halogens is 2. The van der Waals surface area contributed by atoms with E-state index in [-0.39, 0.29) is 5.91 Å². The molecular formula is C14H8Cl2N2OS3. The normalized spacial score (nSPS) is 11.2. The van der Waals surface area contributed by atoms with Crippen LogP contribution in [0.2, 0.25) is 8.67 Å². The highest BCUT2D eigenvalue weighted by Gasteiger charge is 2.12. The minimum atomic E-state index is -0.219. The fraction of sp³-hybridized carbons (Fsp3) is 0. The van der Waals surface area contributed by atoms with Crippen LogP contribution in [0.4, 0.5) is 5.13 Å². The Morgan fingerprint density at radius 1 is 1.32 bits per heavy atom. The Morgan fingerprint density at radius 2 is 2.18 bits per heavy atom. The number of thiophene rings is 2. The molecule has 8 heteroatoms. The lowest BCUT2D eigenvalue weighted by Gasteiger charge is -1.95. The van der Waals surface area contributed by atoms with Gasteiger partial charge in [-0.1, -0.05) is 29.3 Å². The predicted molar refractivity (Wildman–Crippen MR) is 97.4 cm³/mol. The van der Waals surface area contributed by atoms with E-state index in [1.165, 1.54) is 28.7 Å². The topological polar surface area (TPSA) is 42.0 Å². The minimum absolute atomic E-state index is 0.219. The molecule has 0 saturated carbocycles. The molecule has 1 N–H and O–H groups in total. The van der Waals surface area contributed by atoms with Crippen LogP contribution in [-0.4, -0.2) is 10.9 Å². The number of hydrogen-bond acceptors (Lipinski definition) is 5. The van der Waals surface area contributed by atoms with Gasteiger partial charge < -0.3 is 0 Å². The van der Waals surface area contributed by atoms with Gasteiger partial charge in [-0.15, -0.1) is 34.0 Å².